The highest BCUT2D eigenvalue weighted by Crippen LogP contribution is 2.61. The van der Waals surface area contributed by atoms with Crippen molar-refractivity contribution in [2.75, 3.05) is 13.2 Å². The molecule has 0 aromatic carbocycles. The van der Waals surface area contributed by atoms with Crippen molar-refractivity contribution in [3.63, 3.8) is 0 Å². The maximum absolute atomic E-state index is 12.4. The SMILES string of the molecule is O=C(COC(=O)CNC(=O)CC12CC3CC(CC(C3)C1)C2)NCc1ccco1. The molecule has 2 N–H and O–H groups in total. The van der Waals surface area contributed by atoms with E-state index in [0.29, 0.717) is 12.2 Å². The van der Waals surface area contributed by atoms with Gasteiger partial charge in [0.05, 0.1) is 12.8 Å². The van der Waals surface area contributed by atoms with Crippen LogP contribution >= 0.6 is 0 Å². The predicted octanol–water partition coefficient (Wildman–Crippen LogP) is 2.16. The summed E-state index contributed by atoms with van der Waals surface area (Å²) in [5.41, 5.74) is 0.147. The molecule has 1 heterocycles. The van der Waals surface area contributed by atoms with E-state index in [1.807, 2.05) is 0 Å². The standard InChI is InChI=1S/C21H28N2O5/c24-18(10-21-7-14-4-15(8-21)6-16(5-14)9-21)23-12-20(26)28-13-19(25)22-11-17-2-1-3-27-17/h1-3,14-16H,4-13H2,(H,22,25)(H,23,24). The highest BCUT2D eigenvalue weighted by molar-refractivity contribution is 5.84. The molecule has 4 bridgehead atoms. The van der Waals surface area contributed by atoms with Crippen molar-refractivity contribution in [1.29, 1.82) is 0 Å². The van der Waals surface area contributed by atoms with Crippen molar-refractivity contribution >= 4 is 17.8 Å². The van der Waals surface area contributed by atoms with E-state index in [0.717, 1.165) is 37.0 Å². The van der Waals surface area contributed by atoms with Crippen LogP contribution in [0.3, 0.4) is 0 Å². The van der Waals surface area contributed by atoms with Gasteiger partial charge in [-0.25, -0.2) is 0 Å². The molecule has 4 saturated carbocycles. The molecule has 0 radical (unpaired) electrons. The van der Waals surface area contributed by atoms with Crippen molar-refractivity contribution < 1.29 is 23.5 Å². The number of hydrogen-bond donors (Lipinski definition) is 2. The molecule has 4 fully saturated rings. The summed E-state index contributed by atoms with van der Waals surface area (Å²) >= 11 is 0. The monoisotopic (exact) mass is 388 g/mol. The first kappa shape index (κ1) is 19.0. The van der Waals surface area contributed by atoms with Crippen molar-refractivity contribution in [3.05, 3.63) is 24.2 Å². The summed E-state index contributed by atoms with van der Waals surface area (Å²) in [5, 5.41) is 5.27. The second-order valence-electron chi connectivity index (χ2n) is 8.89. The molecule has 0 aliphatic heterocycles. The average molecular weight is 388 g/mol. The van der Waals surface area contributed by atoms with Crippen LogP contribution in [0.15, 0.2) is 22.8 Å². The summed E-state index contributed by atoms with van der Waals surface area (Å²) in [5.74, 6) is 1.91. The average Bonchev–Trinajstić information content (AvgIpc) is 3.15. The smallest absolute Gasteiger partial charge is 0.325 e. The number of nitrogens with one attached hydrogen (secondary N) is 2. The molecule has 28 heavy (non-hydrogen) atoms. The Labute approximate surface area is 164 Å². The Morgan fingerprint density at radius 2 is 1.71 bits per heavy atom. The Hall–Kier alpha value is -2.31. The van der Waals surface area contributed by atoms with Gasteiger partial charge in [0.25, 0.3) is 5.91 Å². The summed E-state index contributed by atoms with van der Waals surface area (Å²) in [6.45, 7) is -0.327. The zero-order chi connectivity index (χ0) is 19.6. The zero-order valence-corrected chi connectivity index (χ0v) is 16.1. The number of esters is 1. The molecular weight excluding hydrogens is 360 g/mol. The van der Waals surface area contributed by atoms with Gasteiger partial charge in [-0.05, 0) is 73.8 Å². The van der Waals surface area contributed by atoms with Crippen LogP contribution in [0.4, 0.5) is 0 Å². The second kappa shape index (κ2) is 7.97. The van der Waals surface area contributed by atoms with Gasteiger partial charge in [-0.15, -0.1) is 0 Å². The topological polar surface area (TPSA) is 97.6 Å². The molecule has 0 atom stereocenters. The molecular formula is C21H28N2O5. The van der Waals surface area contributed by atoms with E-state index in [2.05, 4.69) is 10.6 Å². The maximum atomic E-state index is 12.4. The van der Waals surface area contributed by atoms with Crippen LogP contribution in [0.25, 0.3) is 0 Å². The lowest BCUT2D eigenvalue weighted by Crippen LogP contribution is -2.48. The first-order valence-corrected chi connectivity index (χ1v) is 10.2. The molecule has 1 aromatic rings. The molecule has 0 saturated heterocycles. The van der Waals surface area contributed by atoms with E-state index >= 15 is 0 Å². The van der Waals surface area contributed by atoms with E-state index in [1.54, 1.807) is 12.1 Å². The zero-order valence-electron chi connectivity index (χ0n) is 16.1. The fourth-order valence-corrected chi connectivity index (χ4v) is 5.93. The molecule has 152 valence electrons. The Bertz CT molecular complexity index is 692. The van der Waals surface area contributed by atoms with Gasteiger partial charge in [0, 0.05) is 6.42 Å². The van der Waals surface area contributed by atoms with Crippen molar-refractivity contribution in [3.8, 4) is 0 Å². The molecule has 5 rings (SSSR count). The number of rotatable bonds is 8. The lowest BCUT2D eigenvalue weighted by molar-refractivity contribution is -0.148. The van der Waals surface area contributed by atoms with E-state index in [9.17, 15) is 14.4 Å². The number of carbonyl (C=O) groups is 3. The van der Waals surface area contributed by atoms with Crippen molar-refractivity contribution in [1.82, 2.24) is 10.6 Å². The third-order valence-corrected chi connectivity index (χ3v) is 6.53. The number of hydrogen-bond acceptors (Lipinski definition) is 5. The molecule has 0 spiro atoms. The summed E-state index contributed by atoms with van der Waals surface area (Å²) in [6, 6.07) is 3.47. The minimum atomic E-state index is -0.605. The van der Waals surface area contributed by atoms with Crippen LogP contribution in [-0.2, 0) is 25.7 Å². The lowest BCUT2D eigenvalue weighted by Gasteiger charge is -2.56. The molecule has 7 heteroatoms. The van der Waals surface area contributed by atoms with Crippen LogP contribution in [0, 0.1) is 23.2 Å². The largest absolute Gasteiger partial charge is 0.467 e. The Balaban J connectivity index is 1.14. The quantitative estimate of drug-likeness (QED) is 0.665. The Morgan fingerprint density at radius 3 is 2.32 bits per heavy atom. The van der Waals surface area contributed by atoms with E-state index in [4.69, 9.17) is 9.15 Å². The highest BCUT2D eigenvalue weighted by Gasteiger charge is 2.51. The van der Waals surface area contributed by atoms with Crippen LogP contribution in [-0.4, -0.2) is 30.9 Å². The van der Waals surface area contributed by atoms with Gasteiger partial charge in [-0.1, -0.05) is 0 Å². The second-order valence-corrected chi connectivity index (χ2v) is 8.89. The van der Waals surface area contributed by atoms with Crippen LogP contribution < -0.4 is 10.6 Å². The van der Waals surface area contributed by atoms with Gasteiger partial charge >= 0.3 is 5.97 Å². The first-order valence-electron chi connectivity index (χ1n) is 10.2. The number of ether oxygens (including phenoxy) is 1. The molecule has 4 aliphatic carbocycles. The van der Waals surface area contributed by atoms with E-state index < -0.39 is 11.9 Å². The summed E-state index contributed by atoms with van der Waals surface area (Å²) in [4.78, 5) is 35.9. The van der Waals surface area contributed by atoms with Gasteiger partial charge in [-0.3, -0.25) is 14.4 Å². The third kappa shape index (κ3) is 4.56. The van der Waals surface area contributed by atoms with Gasteiger partial charge in [0.1, 0.15) is 12.3 Å². The summed E-state index contributed by atoms with van der Waals surface area (Å²) in [7, 11) is 0. The molecule has 2 amide bonds. The highest BCUT2D eigenvalue weighted by atomic mass is 16.5. The summed E-state index contributed by atoms with van der Waals surface area (Å²) in [6.07, 6.45) is 9.53. The van der Waals surface area contributed by atoms with Crippen LogP contribution in [0.2, 0.25) is 0 Å². The number of carbonyl (C=O) groups excluding carboxylic acids is 3. The van der Waals surface area contributed by atoms with E-state index in [1.165, 1.54) is 25.5 Å². The number of furan rings is 1. The van der Waals surface area contributed by atoms with Gasteiger partial charge in [0.15, 0.2) is 6.61 Å². The lowest BCUT2D eigenvalue weighted by atomic mass is 9.49. The molecule has 1 aromatic heterocycles. The number of amides is 2. The normalized spacial score (nSPS) is 30.1. The van der Waals surface area contributed by atoms with Crippen LogP contribution in [0.5, 0.6) is 0 Å². The maximum Gasteiger partial charge on any atom is 0.325 e. The van der Waals surface area contributed by atoms with Crippen molar-refractivity contribution in [2.45, 2.75) is 51.5 Å². The van der Waals surface area contributed by atoms with Crippen LogP contribution in [0.1, 0.15) is 50.7 Å². The first-order chi connectivity index (χ1) is 13.5. The molecule has 4 aliphatic rings. The van der Waals surface area contributed by atoms with Crippen molar-refractivity contribution in [2.24, 2.45) is 23.2 Å². The minimum absolute atomic E-state index is 0.0822. The van der Waals surface area contributed by atoms with Gasteiger partial charge in [0.2, 0.25) is 5.91 Å². The Morgan fingerprint density at radius 1 is 1.04 bits per heavy atom. The Kier molecular flexibility index (Phi) is 5.42. The van der Waals surface area contributed by atoms with E-state index in [-0.39, 0.29) is 31.0 Å². The molecule has 7 nitrogen and oxygen atoms in total. The minimum Gasteiger partial charge on any atom is -0.467 e. The fourth-order valence-electron chi connectivity index (χ4n) is 5.93. The molecule has 0 unspecified atom stereocenters. The third-order valence-electron chi connectivity index (χ3n) is 6.53. The summed E-state index contributed by atoms with van der Waals surface area (Å²) < 4.78 is 10.0. The van der Waals surface area contributed by atoms with Gasteiger partial charge < -0.3 is 19.8 Å². The fraction of sp³-hybridized carbons (Fsp3) is 0.667. The predicted molar refractivity (Wildman–Crippen MR) is 99.7 cm³/mol. The van der Waals surface area contributed by atoms with Gasteiger partial charge in [-0.2, -0.15) is 0 Å².